The molecule has 14 nitrogen and oxygen atoms in total. The monoisotopic (exact) mass is 1030 g/mol. The van der Waals surface area contributed by atoms with Crippen molar-refractivity contribution in [2.75, 3.05) is 33.5 Å². The summed E-state index contributed by atoms with van der Waals surface area (Å²) < 4.78 is 20.7. The van der Waals surface area contributed by atoms with Crippen molar-refractivity contribution >= 4 is 40.2 Å². The normalized spacial score (nSPS) is 21.2. The maximum absolute atomic E-state index is 15.4. The highest BCUT2D eigenvalue weighted by Crippen LogP contribution is 2.62. The fraction of sp³-hybridized carbons (Fsp3) is 0.492. The third kappa shape index (κ3) is 14.3. The second-order valence-corrected chi connectivity index (χ2v) is 20.2. The van der Waals surface area contributed by atoms with Gasteiger partial charge in [-0.1, -0.05) is 137 Å². The molecule has 3 N–H and O–H groups in total. The zero-order valence-electron chi connectivity index (χ0n) is 44.0. The standard InChI is InChI=1S/C61H78N4O10/c1-4-6-7-8-9-10-11-12-13-18-36-62-60(69)74-49-33-34-55-53(41-49)58-51(27-17-20-38-67)46(23-16-19-37-66)40-52-54(63-72-3)42-56(61(75-55,59(52)58)73-39-5-2)64(43-47-25-21-24-45-22-14-15-26-50(45)47)57(68)35-30-44-28-31-48(32-29-44)65(70)71/h5,14-15,21-22,24-26,28-35,40-41,46,51,56,58-59,66-67H,2,4,6-13,16-20,23,27,36-39,42-43H2,1,3H3,(H,62,69)/t46-,51+,56-,58+,59+,61+/m0/s1. The Morgan fingerprint density at radius 2 is 1.60 bits per heavy atom. The summed E-state index contributed by atoms with van der Waals surface area (Å²) in [5, 5.41) is 41.3. The molecule has 7 rings (SSSR count). The van der Waals surface area contributed by atoms with Gasteiger partial charge < -0.3 is 39.5 Å². The highest BCUT2D eigenvalue weighted by Gasteiger charge is 2.65. The molecule has 2 amide bonds. The summed E-state index contributed by atoms with van der Waals surface area (Å²) in [6.45, 7) is 7.14. The van der Waals surface area contributed by atoms with E-state index in [1.807, 2.05) is 54.6 Å². The fourth-order valence-electron chi connectivity index (χ4n) is 11.7. The van der Waals surface area contributed by atoms with Gasteiger partial charge in [-0.3, -0.25) is 14.9 Å². The Morgan fingerprint density at radius 3 is 2.31 bits per heavy atom. The molecule has 0 spiro atoms. The maximum Gasteiger partial charge on any atom is 0.412 e. The van der Waals surface area contributed by atoms with Gasteiger partial charge in [-0.05, 0) is 108 Å². The summed E-state index contributed by atoms with van der Waals surface area (Å²) >= 11 is 0. The van der Waals surface area contributed by atoms with E-state index in [9.17, 15) is 25.1 Å². The number of nitro benzene ring substituents is 1. The number of nitrogens with zero attached hydrogens (tertiary/aromatic N) is 3. The molecule has 3 aliphatic rings. The molecular weight excluding hydrogens is 949 g/mol. The lowest BCUT2D eigenvalue weighted by molar-refractivity contribution is -0.384. The number of hydrogen-bond acceptors (Lipinski definition) is 11. The van der Waals surface area contributed by atoms with Crippen LogP contribution in [0.2, 0.25) is 0 Å². The molecule has 75 heavy (non-hydrogen) atoms. The molecule has 0 aromatic heterocycles. The van der Waals surface area contributed by atoms with Crippen molar-refractivity contribution in [2.45, 2.75) is 140 Å². The van der Waals surface area contributed by atoms with Crippen LogP contribution in [0.3, 0.4) is 0 Å². The summed E-state index contributed by atoms with van der Waals surface area (Å²) in [7, 11) is 1.51. The molecule has 0 unspecified atom stereocenters. The molecule has 2 aliphatic carbocycles. The van der Waals surface area contributed by atoms with E-state index < -0.39 is 28.8 Å². The number of oxime groups is 1. The molecule has 1 aliphatic heterocycles. The number of aliphatic hydroxyl groups excluding tert-OH is 2. The molecule has 6 atom stereocenters. The number of fused-ring (bicyclic) bond motifs is 3. The van der Waals surface area contributed by atoms with Crippen LogP contribution >= 0.6 is 0 Å². The summed E-state index contributed by atoms with van der Waals surface area (Å²) in [4.78, 5) is 47.3. The molecule has 1 saturated carbocycles. The summed E-state index contributed by atoms with van der Waals surface area (Å²) in [5.41, 5.74) is 3.78. The van der Waals surface area contributed by atoms with Crippen molar-refractivity contribution in [1.29, 1.82) is 0 Å². The van der Waals surface area contributed by atoms with E-state index in [1.165, 1.54) is 70.3 Å². The van der Waals surface area contributed by atoms with Gasteiger partial charge >= 0.3 is 6.09 Å². The first-order chi connectivity index (χ1) is 36.7. The Hall–Kier alpha value is -6.35. The van der Waals surface area contributed by atoms with Gasteiger partial charge in [0.2, 0.25) is 11.7 Å². The SMILES string of the molecule is C=CCO[C@@]12Oc3ccc(OC(=O)NCCCCCCCCCCCC)cc3[C@H]3[C@H](CCCCO)[C@@H](CCCCO)C=C(C(=NOC)C[C@@H]1N(Cc1cccc4ccccc14)C(=O)C=Cc1ccc([N+](=O)[O-])cc1)[C@H]32. The Bertz CT molecular complexity index is 2610. The average molecular weight is 1030 g/mol. The molecule has 1 fully saturated rings. The van der Waals surface area contributed by atoms with Crippen molar-refractivity contribution in [2.24, 2.45) is 22.9 Å². The van der Waals surface area contributed by atoms with Crippen LogP contribution < -0.4 is 14.8 Å². The number of carbonyl (C=O) groups excluding carboxylic acids is 2. The van der Waals surface area contributed by atoms with Gasteiger partial charge in [0.05, 0.1) is 23.2 Å². The third-order valence-corrected chi connectivity index (χ3v) is 15.3. The van der Waals surface area contributed by atoms with Gasteiger partial charge in [0.25, 0.3) is 5.69 Å². The molecular formula is C61H78N4O10. The van der Waals surface area contributed by atoms with E-state index in [0.29, 0.717) is 42.2 Å². The second-order valence-electron chi connectivity index (χ2n) is 20.2. The van der Waals surface area contributed by atoms with Crippen LogP contribution in [0.15, 0.2) is 120 Å². The van der Waals surface area contributed by atoms with Crippen molar-refractivity contribution in [3.63, 3.8) is 0 Å². The van der Waals surface area contributed by atoms with E-state index in [0.717, 1.165) is 72.4 Å². The van der Waals surface area contributed by atoms with Gasteiger partial charge in [0, 0.05) is 62.4 Å². The molecule has 0 saturated heterocycles. The molecule has 1 heterocycles. The average Bonchev–Trinajstić information content (AvgIpc) is 3.45. The minimum absolute atomic E-state index is 0.000123. The van der Waals surface area contributed by atoms with Crippen LogP contribution in [-0.4, -0.2) is 83.1 Å². The first-order valence-electron chi connectivity index (χ1n) is 27.4. The second kappa shape index (κ2) is 28.5. The van der Waals surface area contributed by atoms with E-state index in [4.69, 9.17) is 24.2 Å². The number of unbranched alkanes of at least 4 members (excludes halogenated alkanes) is 11. The number of rotatable bonds is 30. The molecule has 0 bridgehead atoms. The molecule has 4 aromatic rings. The van der Waals surface area contributed by atoms with Crippen LogP contribution in [0.1, 0.15) is 139 Å². The number of aliphatic hydroxyl groups is 2. The maximum atomic E-state index is 15.4. The smallest absolute Gasteiger partial charge is 0.412 e. The van der Waals surface area contributed by atoms with Crippen molar-refractivity contribution < 1.29 is 43.8 Å². The number of allylic oxidation sites excluding steroid dienone is 1. The Morgan fingerprint density at radius 1 is 0.893 bits per heavy atom. The number of nitro groups is 1. The number of carbonyl (C=O) groups is 2. The van der Waals surface area contributed by atoms with Gasteiger partial charge in [0.15, 0.2) is 0 Å². The van der Waals surface area contributed by atoms with Crippen LogP contribution in [0.4, 0.5) is 10.5 Å². The molecule has 0 radical (unpaired) electrons. The minimum atomic E-state index is -1.55. The van der Waals surface area contributed by atoms with Gasteiger partial charge in [-0.25, -0.2) is 4.79 Å². The predicted molar refractivity (Wildman–Crippen MR) is 294 cm³/mol. The van der Waals surface area contributed by atoms with E-state index in [-0.39, 0.29) is 62.1 Å². The first-order valence-corrected chi connectivity index (χ1v) is 27.4. The predicted octanol–water partition coefficient (Wildman–Crippen LogP) is 12.8. The van der Waals surface area contributed by atoms with E-state index in [1.54, 1.807) is 35.3 Å². The van der Waals surface area contributed by atoms with Crippen LogP contribution in [0, 0.1) is 27.9 Å². The third-order valence-electron chi connectivity index (χ3n) is 15.3. The molecule has 4 aromatic carbocycles. The summed E-state index contributed by atoms with van der Waals surface area (Å²) in [6.07, 6.45) is 22.9. The Kier molecular flexibility index (Phi) is 21.4. The van der Waals surface area contributed by atoms with Crippen LogP contribution in [0.25, 0.3) is 16.8 Å². The van der Waals surface area contributed by atoms with Gasteiger partial charge in [-0.2, -0.15) is 0 Å². The largest absolute Gasteiger partial charge is 0.459 e. The highest BCUT2D eigenvalue weighted by atomic mass is 16.7. The Labute approximate surface area is 443 Å². The number of amides is 2. The van der Waals surface area contributed by atoms with Crippen LogP contribution in [-0.2, 0) is 20.9 Å². The van der Waals surface area contributed by atoms with Gasteiger partial charge in [-0.15, -0.1) is 6.58 Å². The first kappa shape index (κ1) is 56.4. The lowest BCUT2D eigenvalue weighted by Gasteiger charge is -2.60. The number of nitrogens with one attached hydrogen (secondary N) is 1. The van der Waals surface area contributed by atoms with Crippen molar-refractivity contribution in [1.82, 2.24) is 10.2 Å². The number of ether oxygens (including phenoxy) is 3. The molecule has 402 valence electrons. The van der Waals surface area contributed by atoms with Crippen molar-refractivity contribution in [3.05, 3.63) is 142 Å². The Balaban J connectivity index is 1.30. The molecule has 14 heteroatoms. The topological polar surface area (TPSA) is 182 Å². The lowest BCUT2D eigenvalue weighted by atomic mass is 9.55. The quantitative estimate of drug-likeness (QED) is 0.0149. The van der Waals surface area contributed by atoms with Crippen LogP contribution in [0.5, 0.6) is 11.5 Å². The summed E-state index contributed by atoms with van der Waals surface area (Å²) in [5.74, 6) is -2.00. The fourth-order valence-corrected chi connectivity index (χ4v) is 11.7. The lowest BCUT2D eigenvalue weighted by Crippen LogP contribution is -2.70. The number of benzene rings is 4. The van der Waals surface area contributed by atoms with Gasteiger partial charge in [0.1, 0.15) is 24.7 Å². The number of hydrogen-bond donors (Lipinski definition) is 3. The van der Waals surface area contributed by atoms with Crippen molar-refractivity contribution in [3.8, 4) is 11.5 Å². The number of non-ortho nitro benzene ring substituents is 1. The van der Waals surface area contributed by atoms with E-state index in [2.05, 4.69) is 24.9 Å². The minimum Gasteiger partial charge on any atom is -0.459 e. The summed E-state index contributed by atoms with van der Waals surface area (Å²) in [6, 6.07) is 24.7. The highest BCUT2D eigenvalue weighted by molar-refractivity contribution is 6.03. The van der Waals surface area contributed by atoms with E-state index >= 15 is 4.79 Å². The zero-order valence-corrected chi connectivity index (χ0v) is 44.0. The zero-order chi connectivity index (χ0) is 53.0.